The second-order valence-electron chi connectivity index (χ2n) is 6.76. The van der Waals surface area contributed by atoms with Crippen molar-refractivity contribution in [2.24, 2.45) is 0 Å². The van der Waals surface area contributed by atoms with E-state index in [9.17, 15) is 17.6 Å². The number of benzene rings is 1. The highest BCUT2D eigenvalue weighted by Gasteiger charge is 2.34. The van der Waals surface area contributed by atoms with Crippen molar-refractivity contribution < 1.29 is 17.6 Å². The Hall–Kier alpha value is -1.08. The van der Waals surface area contributed by atoms with Crippen LogP contribution in [0.15, 0.2) is 24.3 Å². The lowest BCUT2D eigenvalue weighted by Gasteiger charge is -2.20. The molecule has 0 unspecified atom stereocenters. The maximum absolute atomic E-state index is 14.1. The zero-order valence-electron chi connectivity index (χ0n) is 14.2. The molecule has 1 aromatic carbocycles. The van der Waals surface area contributed by atoms with Gasteiger partial charge in [0, 0.05) is 23.9 Å². The van der Waals surface area contributed by atoms with E-state index in [4.69, 9.17) is 0 Å². The fourth-order valence-electron chi connectivity index (χ4n) is 3.61. The summed E-state index contributed by atoms with van der Waals surface area (Å²) in [6.45, 7) is 0.569. The van der Waals surface area contributed by atoms with Crippen LogP contribution in [0.1, 0.15) is 42.9 Å². The van der Waals surface area contributed by atoms with E-state index in [0.717, 1.165) is 0 Å². The number of nitrogens with zero attached hydrogens (tertiary/aromatic N) is 1. The molecule has 1 saturated carbocycles. The van der Waals surface area contributed by atoms with E-state index in [1.807, 2.05) is 0 Å². The SMILES string of the molecule is O=C(CSC1CCCC1)N1CC[C@@H](c2ccccc2F)S(=O)(=O)CC1. The average molecular weight is 386 g/mol. The van der Waals surface area contributed by atoms with Gasteiger partial charge in [0.15, 0.2) is 9.84 Å². The van der Waals surface area contributed by atoms with Crippen LogP contribution >= 0.6 is 11.8 Å². The monoisotopic (exact) mass is 385 g/mol. The van der Waals surface area contributed by atoms with Crippen LogP contribution in [0.25, 0.3) is 0 Å². The van der Waals surface area contributed by atoms with Gasteiger partial charge in [0.1, 0.15) is 5.82 Å². The highest BCUT2D eigenvalue weighted by atomic mass is 32.2. The second-order valence-corrected chi connectivity index (χ2v) is 10.4. The maximum atomic E-state index is 14.1. The minimum Gasteiger partial charge on any atom is -0.341 e. The highest BCUT2D eigenvalue weighted by Crippen LogP contribution is 2.32. The molecule has 1 aliphatic heterocycles. The molecule has 0 aromatic heterocycles. The van der Waals surface area contributed by atoms with Crippen LogP contribution in [0.5, 0.6) is 0 Å². The van der Waals surface area contributed by atoms with Crippen LogP contribution in [-0.2, 0) is 14.6 Å². The van der Waals surface area contributed by atoms with Crippen molar-refractivity contribution in [3.8, 4) is 0 Å². The lowest BCUT2D eigenvalue weighted by atomic mass is 10.1. The maximum Gasteiger partial charge on any atom is 0.232 e. The number of carbonyl (C=O) groups excluding carboxylic acids is 1. The number of hydrogen-bond acceptors (Lipinski definition) is 4. The van der Waals surface area contributed by atoms with Crippen LogP contribution < -0.4 is 0 Å². The Morgan fingerprint density at radius 3 is 2.60 bits per heavy atom. The van der Waals surface area contributed by atoms with Crippen molar-refractivity contribution in [1.29, 1.82) is 0 Å². The van der Waals surface area contributed by atoms with Gasteiger partial charge in [-0.05, 0) is 25.3 Å². The molecule has 0 radical (unpaired) electrons. The summed E-state index contributed by atoms with van der Waals surface area (Å²) in [5, 5.41) is -0.306. The normalized spacial score (nSPS) is 24.2. The predicted octanol–water partition coefficient (Wildman–Crippen LogP) is 3.19. The molecular formula is C18H24FNO3S2. The molecule has 1 heterocycles. The Labute approximate surface area is 153 Å². The number of halogens is 1. The molecule has 25 heavy (non-hydrogen) atoms. The summed E-state index contributed by atoms with van der Waals surface area (Å²) in [6.07, 6.45) is 5.06. The van der Waals surface area contributed by atoms with E-state index >= 15 is 0 Å². The number of sulfone groups is 1. The first-order chi connectivity index (χ1) is 12.0. The molecule has 0 spiro atoms. The molecule has 7 heteroatoms. The first-order valence-electron chi connectivity index (χ1n) is 8.83. The van der Waals surface area contributed by atoms with Gasteiger partial charge in [-0.1, -0.05) is 31.0 Å². The van der Waals surface area contributed by atoms with Crippen molar-refractivity contribution in [2.45, 2.75) is 42.6 Å². The number of carbonyl (C=O) groups is 1. The summed E-state index contributed by atoms with van der Waals surface area (Å²) in [5.41, 5.74) is 0.220. The summed E-state index contributed by atoms with van der Waals surface area (Å²) in [5.74, 6) is -0.185. The molecule has 0 bridgehead atoms. The largest absolute Gasteiger partial charge is 0.341 e. The summed E-state index contributed by atoms with van der Waals surface area (Å²) in [6, 6.07) is 6.03. The molecule has 2 aliphatic rings. The van der Waals surface area contributed by atoms with Crippen LogP contribution in [0.2, 0.25) is 0 Å². The molecule has 1 aliphatic carbocycles. The molecule has 3 rings (SSSR count). The van der Waals surface area contributed by atoms with Crippen molar-refractivity contribution in [2.75, 3.05) is 24.6 Å². The smallest absolute Gasteiger partial charge is 0.232 e. The summed E-state index contributed by atoms with van der Waals surface area (Å²) < 4.78 is 39.2. The van der Waals surface area contributed by atoms with E-state index in [1.165, 1.54) is 37.8 Å². The van der Waals surface area contributed by atoms with Gasteiger partial charge >= 0.3 is 0 Å². The summed E-state index contributed by atoms with van der Waals surface area (Å²) >= 11 is 1.69. The quantitative estimate of drug-likeness (QED) is 0.799. The lowest BCUT2D eigenvalue weighted by molar-refractivity contribution is -0.128. The van der Waals surface area contributed by atoms with Crippen molar-refractivity contribution in [3.63, 3.8) is 0 Å². The van der Waals surface area contributed by atoms with Crippen molar-refractivity contribution in [1.82, 2.24) is 4.90 Å². The number of hydrogen-bond donors (Lipinski definition) is 0. The van der Waals surface area contributed by atoms with Gasteiger partial charge in [-0.25, -0.2) is 12.8 Å². The fourth-order valence-corrected chi connectivity index (χ4v) is 6.64. The first-order valence-corrected chi connectivity index (χ1v) is 11.6. The minimum atomic E-state index is -3.47. The lowest BCUT2D eigenvalue weighted by Crippen LogP contribution is -2.35. The second kappa shape index (κ2) is 8.08. The average Bonchev–Trinajstić information content (AvgIpc) is 3.05. The van der Waals surface area contributed by atoms with E-state index in [1.54, 1.807) is 28.8 Å². The van der Waals surface area contributed by atoms with E-state index in [-0.39, 0.29) is 30.2 Å². The number of rotatable bonds is 4. The molecule has 1 saturated heterocycles. The molecule has 0 N–H and O–H groups in total. The molecule has 2 fully saturated rings. The van der Waals surface area contributed by atoms with Crippen LogP contribution in [0.4, 0.5) is 4.39 Å². The van der Waals surface area contributed by atoms with Gasteiger partial charge in [0.05, 0.1) is 16.8 Å². The van der Waals surface area contributed by atoms with Crippen LogP contribution in [0, 0.1) is 5.82 Å². The third kappa shape index (κ3) is 4.56. The van der Waals surface area contributed by atoms with Gasteiger partial charge in [-0.15, -0.1) is 11.8 Å². The van der Waals surface area contributed by atoms with E-state index < -0.39 is 20.9 Å². The standard InChI is InChI=1S/C18H24FNO3S2/c19-16-8-4-3-7-15(16)17-9-10-20(11-12-25(17,22)23)18(21)13-24-14-5-1-2-6-14/h3-4,7-8,14,17H,1-2,5-6,9-13H2/t17-/m0/s1. The van der Waals surface area contributed by atoms with Gasteiger partial charge in [0.25, 0.3) is 0 Å². The third-order valence-electron chi connectivity index (χ3n) is 5.09. The third-order valence-corrected chi connectivity index (χ3v) is 8.55. The Bertz CT molecular complexity index is 717. The molecule has 138 valence electrons. The Balaban J connectivity index is 1.65. The van der Waals surface area contributed by atoms with Crippen LogP contribution in [0.3, 0.4) is 0 Å². The predicted molar refractivity (Wildman–Crippen MR) is 98.8 cm³/mol. The Morgan fingerprint density at radius 2 is 1.88 bits per heavy atom. The van der Waals surface area contributed by atoms with Crippen LogP contribution in [-0.4, -0.2) is 49.1 Å². The minimum absolute atomic E-state index is 0.00119. The topological polar surface area (TPSA) is 54.5 Å². The molecule has 1 aromatic rings. The van der Waals surface area contributed by atoms with Gasteiger partial charge in [-0.3, -0.25) is 4.79 Å². The zero-order valence-corrected chi connectivity index (χ0v) is 15.8. The molecule has 1 amide bonds. The molecular weight excluding hydrogens is 361 g/mol. The number of thioether (sulfide) groups is 1. The first kappa shape index (κ1) is 18.7. The van der Waals surface area contributed by atoms with Gasteiger partial charge < -0.3 is 4.90 Å². The fraction of sp³-hybridized carbons (Fsp3) is 0.611. The van der Waals surface area contributed by atoms with Gasteiger partial charge in [0.2, 0.25) is 5.91 Å². The molecule has 4 nitrogen and oxygen atoms in total. The number of amides is 1. The molecule has 1 atom stereocenters. The van der Waals surface area contributed by atoms with Crippen molar-refractivity contribution in [3.05, 3.63) is 35.6 Å². The zero-order chi connectivity index (χ0) is 17.9. The summed E-state index contributed by atoms with van der Waals surface area (Å²) in [7, 11) is -3.47. The van der Waals surface area contributed by atoms with Gasteiger partial charge in [-0.2, -0.15) is 0 Å². The Morgan fingerprint density at radius 1 is 1.16 bits per heavy atom. The summed E-state index contributed by atoms with van der Waals surface area (Å²) in [4.78, 5) is 14.1. The highest BCUT2D eigenvalue weighted by molar-refractivity contribution is 8.00. The van der Waals surface area contributed by atoms with E-state index in [0.29, 0.717) is 17.5 Å². The van der Waals surface area contributed by atoms with E-state index in [2.05, 4.69) is 0 Å². The van der Waals surface area contributed by atoms with Crippen molar-refractivity contribution >= 4 is 27.5 Å². The Kier molecular flexibility index (Phi) is 6.04.